The lowest BCUT2D eigenvalue weighted by atomic mass is 9.88. The first-order valence-corrected chi connectivity index (χ1v) is 15.7. The van der Waals surface area contributed by atoms with Crippen molar-refractivity contribution in [2.45, 2.75) is 96.0 Å². The number of benzene rings is 1. The SMILES string of the molecule is COC1\C=C/C=C\C=C/CC(OC(=O)C(C)NC(=O)C2CCCCC2)C(C)C(O)/C=C\CCc2cc(O)cc(c2)NC(=O)C1. The van der Waals surface area contributed by atoms with E-state index in [0.717, 1.165) is 37.7 Å². The van der Waals surface area contributed by atoms with E-state index in [4.69, 9.17) is 9.47 Å². The van der Waals surface area contributed by atoms with E-state index in [-0.39, 0.29) is 29.9 Å². The molecule has 0 spiro atoms. The molecule has 0 saturated heterocycles. The standard InChI is InChI=1S/C35H48N2O7/c1-24-31(39)18-13-12-14-26-20-28(22-29(38)21-26)37-33(40)23-30(43-3)17-10-5-4-6-11-19-32(24)44-35(42)25(2)36-34(41)27-15-8-7-9-16-27/h4-6,10-11,13,17-18,20-22,24-25,27,30-32,38-39H,7-9,12,14-16,19,23H2,1-3H3,(H,36,41)(H,37,40)/b5-4-,11-6-,17-10-,18-13-. The number of aromatic hydroxyl groups is 1. The summed E-state index contributed by atoms with van der Waals surface area (Å²) in [7, 11) is 1.53. The van der Waals surface area contributed by atoms with Gasteiger partial charge in [-0.15, -0.1) is 0 Å². The maximum atomic E-state index is 13.0. The first kappa shape index (κ1) is 34.8. The predicted octanol–water partition coefficient (Wildman–Crippen LogP) is 5.29. The Kier molecular flexibility index (Phi) is 14.4. The smallest absolute Gasteiger partial charge is 0.328 e. The van der Waals surface area contributed by atoms with Crippen molar-refractivity contribution in [2.24, 2.45) is 11.8 Å². The summed E-state index contributed by atoms with van der Waals surface area (Å²) in [5, 5.41) is 26.8. The minimum Gasteiger partial charge on any atom is -0.508 e. The van der Waals surface area contributed by atoms with Crippen LogP contribution < -0.4 is 10.6 Å². The summed E-state index contributed by atoms with van der Waals surface area (Å²) >= 11 is 0. The van der Waals surface area contributed by atoms with Crippen molar-refractivity contribution in [1.29, 1.82) is 0 Å². The number of aryl methyl sites for hydroxylation is 1. The number of anilines is 1. The lowest BCUT2D eigenvalue weighted by Crippen LogP contribution is -2.45. The van der Waals surface area contributed by atoms with Gasteiger partial charge in [0.25, 0.3) is 0 Å². The van der Waals surface area contributed by atoms with Gasteiger partial charge in [-0.25, -0.2) is 4.79 Å². The van der Waals surface area contributed by atoms with E-state index in [1.807, 2.05) is 37.3 Å². The lowest BCUT2D eigenvalue weighted by molar-refractivity contribution is -0.156. The summed E-state index contributed by atoms with van der Waals surface area (Å²) in [6, 6.07) is 4.14. The Morgan fingerprint density at radius 2 is 1.77 bits per heavy atom. The van der Waals surface area contributed by atoms with Crippen LogP contribution in [0.15, 0.2) is 66.8 Å². The maximum Gasteiger partial charge on any atom is 0.328 e. The minimum atomic E-state index is -0.883. The second kappa shape index (κ2) is 18.2. The summed E-state index contributed by atoms with van der Waals surface area (Å²) < 4.78 is 11.3. The number of aliphatic hydroxyl groups excluding tert-OH is 1. The van der Waals surface area contributed by atoms with E-state index in [0.29, 0.717) is 24.9 Å². The summed E-state index contributed by atoms with van der Waals surface area (Å²) in [6.07, 6.45) is 18.9. The summed E-state index contributed by atoms with van der Waals surface area (Å²) in [5.74, 6) is -1.33. The van der Waals surface area contributed by atoms with Crippen LogP contribution in [0.2, 0.25) is 0 Å². The van der Waals surface area contributed by atoms with Crippen molar-refractivity contribution in [1.82, 2.24) is 5.32 Å². The molecule has 1 aliphatic carbocycles. The normalized spacial score (nSPS) is 27.9. The number of methoxy groups -OCH3 is 1. The molecule has 5 unspecified atom stereocenters. The van der Waals surface area contributed by atoms with Crippen LogP contribution in [0.4, 0.5) is 5.69 Å². The Balaban J connectivity index is 1.74. The van der Waals surface area contributed by atoms with E-state index < -0.39 is 36.2 Å². The number of amides is 2. The summed E-state index contributed by atoms with van der Waals surface area (Å²) in [6.45, 7) is 3.46. The number of hydrogen-bond donors (Lipinski definition) is 4. The van der Waals surface area contributed by atoms with Gasteiger partial charge in [-0.3, -0.25) is 9.59 Å². The minimum absolute atomic E-state index is 0.0449. The molecule has 1 aliphatic heterocycles. The van der Waals surface area contributed by atoms with Crippen LogP contribution in [0.5, 0.6) is 5.75 Å². The highest BCUT2D eigenvalue weighted by atomic mass is 16.5. The first-order chi connectivity index (χ1) is 21.2. The zero-order valence-corrected chi connectivity index (χ0v) is 26.1. The topological polar surface area (TPSA) is 134 Å². The average Bonchev–Trinajstić information content (AvgIpc) is 3.00. The largest absolute Gasteiger partial charge is 0.508 e. The monoisotopic (exact) mass is 608 g/mol. The zero-order chi connectivity index (χ0) is 31.9. The van der Waals surface area contributed by atoms with Gasteiger partial charge in [-0.05, 0) is 50.3 Å². The van der Waals surface area contributed by atoms with Crippen molar-refractivity contribution in [3.8, 4) is 5.75 Å². The van der Waals surface area contributed by atoms with E-state index in [9.17, 15) is 24.6 Å². The Labute approximate surface area is 261 Å². The number of hydrogen-bond acceptors (Lipinski definition) is 7. The Hall–Kier alpha value is -3.69. The van der Waals surface area contributed by atoms with Crippen LogP contribution in [0.3, 0.4) is 0 Å². The van der Waals surface area contributed by atoms with Crippen LogP contribution in [0, 0.1) is 11.8 Å². The van der Waals surface area contributed by atoms with E-state index in [1.165, 1.54) is 13.2 Å². The van der Waals surface area contributed by atoms with Gasteiger partial charge in [-0.1, -0.05) is 74.8 Å². The molecule has 1 aromatic rings. The lowest BCUT2D eigenvalue weighted by Gasteiger charge is -2.28. The molecule has 2 amide bonds. The van der Waals surface area contributed by atoms with Crippen LogP contribution >= 0.6 is 0 Å². The van der Waals surface area contributed by atoms with E-state index >= 15 is 0 Å². The number of carbonyl (C=O) groups is 3. The fourth-order valence-corrected chi connectivity index (χ4v) is 5.38. The number of ether oxygens (including phenoxy) is 2. The van der Waals surface area contributed by atoms with Crippen molar-refractivity contribution in [3.63, 3.8) is 0 Å². The van der Waals surface area contributed by atoms with Gasteiger partial charge in [0, 0.05) is 37.1 Å². The third-order valence-corrected chi connectivity index (χ3v) is 8.13. The third-order valence-electron chi connectivity index (χ3n) is 8.13. The maximum absolute atomic E-state index is 13.0. The molecule has 0 aromatic heterocycles. The molecule has 240 valence electrons. The number of esters is 1. The number of rotatable bonds is 5. The van der Waals surface area contributed by atoms with Crippen LogP contribution in [-0.2, 0) is 30.3 Å². The molecule has 44 heavy (non-hydrogen) atoms. The molecule has 0 radical (unpaired) electrons. The van der Waals surface area contributed by atoms with Crippen molar-refractivity contribution >= 4 is 23.5 Å². The van der Waals surface area contributed by atoms with Gasteiger partial charge < -0.3 is 30.3 Å². The number of aliphatic hydroxyl groups is 1. The van der Waals surface area contributed by atoms with Gasteiger partial charge in [0.2, 0.25) is 11.8 Å². The second-order valence-corrected chi connectivity index (χ2v) is 11.7. The van der Waals surface area contributed by atoms with Crippen molar-refractivity contribution in [2.75, 3.05) is 12.4 Å². The first-order valence-electron chi connectivity index (χ1n) is 15.7. The van der Waals surface area contributed by atoms with Gasteiger partial charge in [0.1, 0.15) is 17.9 Å². The number of phenolic OH excluding ortho intramolecular Hbond substituents is 1. The molecule has 5 atom stereocenters. The van der Waals surface area contributed by atoms with Gasteiger partial charge in [0.05, 0.1) is 18.6 Å². The van der Waals surface area contributed by atoms with Crippen molar-refractivity contribution < 1.29 is 34.1 Å². The van der Waals surface area contributed by atoms with E-state index in [1.54, 1.807) is 37.3 Å². The number of allylic oxidation sites excluding steroid dienone is 5. The fourth-order valence-electron chi connectivity index (χ4n) is 5.38. The number of nitrogens with one attached hydrogen (secondary N) is 2. The summed E-state index contributed by atoms with van der Waals surface area (Å²) in [4.78, 5) is 38.3. The number of carbonyl (C=O) groups excluding carboxylic acids is 3. The fraction of sp³-hybridized carbons (Fsp3) is 0.514. The van der Waals surface area contributed by atoms with E-state index in [2.05, 4.69) is 10.6 Å². The highest BCUT2D eigenvalue weighted by molar-refractivity contribution is 5.91. The molecular weight excluding hydrogens is 560 g/mol. The van der Waals surface area contributed by atoms with Gasteiger partial charge >= 0.3 is 5.97 Å². The number of fused-ring (bicyclic) bond motifs is 2. The molecule has 4 N–H and O–H groups in total. The highest BCUT2D eigenvalue weighted by Crippen LogP contribution is 2.25. The second-order valence-electron chi connectivity index (χ2n) is 11.7. The van der Waals surface area contributed by atoms with Gasteiger partial charge in [-0.2, -0.15) is 0 Å². The quantitative estimate of drug-likeness (QED) is 0.264. The molecule has 9 heteroatoms. The molecule has 1 saturated carbocycles. The van der Waals surface area contributed by atoms with Crippen LogP contribution in [-0.4, -0.2) is 59.5 Å². The molecule has 1 heterocycles. The van der Waals surface area contributed by atoms with Gasteiger partial charge in [0.15, 0.2) is 0 Å². The summed E-state index contributed by atoms with van der Waals surface area (Å²) in [5.41, 5.74) is 1.32. The Bertz CT molecular complexity index is 1220. The molecule has 2 bridgehead atoms. The predicted molar refractivity (Wildman–Crippen MR) is 171 cm³/mol. The highest BCUT2D eigenvalue weighted by Gasteiger charge is 2.29. The molecule has 1 fully saturated rings. The molecule has 1 aromatic carbocycles. The molecular formula is C35H48N2O7. The van der Waals surface area contributed by atoms with Crippen molar-refractivity contribution in [3.05, 3.63) is 72.4 Å². The number of phenols is 1. The third kappa shape index (κ3) is 11.8. The Morgan fingerprint density at radius 3 is 2.52 bits per heavy atom. The Morgan fingerprint density at radius 1 is 1.02 bits per heavy atom. The molecule has 2 aliphatic rings. The zero-order valence-electron chi connectivity index (χ0n) is 26.1. The average molecular weight is 609 g/mol. The van der Waals surface area contributed by atoms with Crippen LogP contribution in [0.1, 0.15) is 70.8 Å². The van der Waals surface area contributed by atoms with Crippen LogP contribution in [0.25, 0.3) is 0 Å². The molecule has 9 nitrogen and oxygen atoms in total. The molecule has 3 rings (SSSR count).